The number of fused-ring (bicyclic) bond motifs is 24. The van der Waals surface area contributed by atoms with Crippen molar-refractivity contribution >= 4 is 135 Å². The number of aryl methyl sites for hydroxylation is 4. The summed E-state index contributed by atoms with van der Waals surface area (Å²) in [6.07, 6.45) is 0. The highest BCUT2D eigenvalue weighted by Gasteiger charge is 2.25. The second kappa shape index (κ2) is 21.5. The molecule has 0 saturated heterocycles. The van der Waals surface area contributed by atoms with Crippen LogP contribution in [0, 0.1) is 27.7 Å². The Hall–Kier alpha value is -10.6. The second-order valence-corrected chi connectivity index (χ2v) is 27.1. The average Bonchev–Trinajstić information content (AvgIpc) is 1.62. The molecule has 16 nitrogen and oxygen atoms in total. The van der Waals surface area contributed by atoms with Crippen molar-refractivity contribution in [2.24, 2.45) is 0 Å². The van der Waals surface area contributed by atoms with Crippen LogP contribution in [-0.2, 0) is 0 Å². The molecule has 7 aromatic heterocycles. The molecule has 8 aromatic carbocycles. The Balaban J connectivity index is 0.878. The Labute approximate surface area is 535 Å². The van der Waals surface area contributed by atoms with Crippen molar-refractivity contribution in [3.8, 4) is 45.6 Å². The predicted molar refractivity (Wildman–Crippen MR) is 361 cm³/mol. The molecule has 0 saturated carbocycles. The molecule has 2 aliphatic rings. The van der Waals surface area contributed by atoms with Gasteiger partial charge in [-0.2, -0.15) is 0 Å². The van der Waals surface area contributed by atoms with Gasteiger partial charge in [0.25, 0.3) is 0 Å². The van der Waals surface area contributed by atoms with E-state index in [1.54, 1.807) is 0 Å². The number of nitrogens with one attached hydrogen (secondary N) is 2. The lowest BCUT2D eigenvalue weighted by molar-refractivity contribution is 0.558. The normalized spacial score (nSPS) is 12.0. The molecule has 0 spiro atoms. The van der Waals surface area contributed by atoms with Gasteiger partial charge in [-0.3, -0.25) is 0 Å². The van der Waals surface area contributed by atoms with Gasteiger partial charge < -0.3 is 27.6 Å². The monoisotopic (exact) mass is 1270 g/mol. The smallest absolute Gasteiger partial charge is 0.336 e. The molecule has 442 valence electrons. The lowest BCUT2D eigenvalue weighted by atomic mass is 10.1. The van der Waals surface area contributed by atoms with Crippen molar-refractivity contribution in [2.75, 3.05) is 0 Å². The number of rotatable bonds is 8. The summed E-state index contributed by atoms with van der Waals surface area (Å²) in [7, 11) is 0. The van der Waals surface area contributed by atoms with Gasteiger partial charge >= 0.3 is 22.5 Å². The number of aromatic amines is 2. The fourth-order valence-corrected chi connectivity index (χ4v) is 15.5. The van der Waals surface area contributed by atoms with Gasteiger partial charge in [-0.25, -0.2) is 49.1 Å². The number of hydrogen-bond donors (Lipinski definition) is 2. The Morgan fingerprint density at radius 2 is 0.511 bits per heavy atom. The molecule has 0 radical (unpaired) electrons. The maximum absolute atomic E-state index is 12.5. The number of benzene rings is 8. The van der Waals surface area contributed by atoms with Crippen molar-refractivity contribution in [1.82, 2.24) is 39.9 Å². The van der Waals surface area contributed by atoms with E-state index in [2.05, 4.69) is 34.2 Å². The molecular formula is C72H42N8O8S4. The molecule has 2 aliphatic heterocycles. The first-order valence-electron chi connectivity index (χ1n) is 29.0. The molecule has 0 aliphatic carbocycles. The Morgan fingerprint density at radius 3 is 0.826 bits per heavy atom. The van der Waals surface area contributed by atoms with Crippen molar-refractivity contribution in [1.29, 1.82) is 0 Å². The predicted octanol–water partition coefficient (Wildman–Crippen LogP) is 17.1. The highest BCUT2D eigenvalue weighted by atomic mass is 32.2. The van der Waals surface area contributed by atoms with Crippen LogP contribution in [0.25, 0.3) is 134 Å². The quantitative estimate of drug-likeness (QED) is 0.135. The van der Waals surface area contributed by atoms with Crippen LogP contribution in [0.1, 0.15) is 22.3 Å². The maximum atomic E-state index is 12.5. The molecule has 0 atom stereocenters. The largest absolute Gasteiger partial charge is 0.423 e. The van der Waals surface area contributed by atoms with Crippen LogP contribution < -0.4 is 22.5 Å². The molecule has 0 unspecified atom stereocenters. The number of nitrogens with zero attached hydrogens (tertiary/aromatic N) is 6. The second-order valence-electron chi connectivity index (χ2n) is 22.5. The van der Waals surface area contributed by atoms with Crippen LogP contribution in [0.2, 0.25) is 0 Å². The summed E-state index contributed by atoms with van der Waals surface area (Å²) in [5.74, 6) is 1.61. The molecule has 0 fully saturated rings. The van der Waals surface area contributed by atoms with Crippen molar-refractivity contribution in [3.05, 3.63) is 234 Å². The lowest BCUT2D eigenvalue weighted by Crippen LogP contribution is -1.97. The van der Waals surface area contributed by atoms with Gasteiger partial charge in [-0.05, 0) is 196 Å². The number of aromatic nitrogens is 8. The van der Waals surface area contributed by atoms with Gasteiger partial charge in [0.05, 0.1) is 0 Å². The van der Waals surface area contributed by atoms with Gasteiger partial charge in [0.2, 0.25) is 0 Å². The molecule has 20 heteroatoms. The molecule has 15 aromatic rings. The fourth-order valence-electron chi connectivity index (χ4n) is 12.0. The highest BCUT2D eigenvalue weighted by Crippen LogP contribution is 2.44. The van der Waals surface area contributed by atoms with Gasteiger partial charge in [0, 0.05) is 129 Å². The summed E-state index contributed by atoms with van der Waals surface area (Å²) in [4.78, 5) is 96.3. The van der Waals surface area contributed by atoms with Crippen LogP contribution in [0.4, 0.5) is 0 Å². The minimum absolute atomic E-state index is 0.401. The SMILES string of the molecule is Cc1cc(=O)oc2cc(Sc3ccc4c(c3)-c3nc-4nc4[nH]c(nc5nc(nc6[nH]c(n3)c3ccc(Sc7ccc8c(C)cc(=O)oc8c7)cc63)-c3ccc(Sc6ccc7c(C)cc(=O)oc7c6)cc3-5)c3ccc(Sc5ccc6c(C)cc(=O)oc6c5)cc43)ccc12. The average molecular weight is 1280 g/mol. The first-order chi connectivity index (χ1) is 44.7. The summed E-state index contributed by atoms with van der Waals surface area (Å²) in [6.45, 7) is 7.58. The first kappa shape index (κ1) is 55.4. The lowest BCUT2D eigenvalue weighted by Gasteiger charge is -2.07. The van der Waals surface area contributed by atoms with E-state index in [0.29, 0.717) is 68.2 Å². The minimum Gasteiger partial charge on any atom is -0.423 e. The van der Waals surface area contributed by atoms with E-state index in [1.807, 2.05) is 149 Å². The molecule has 9 heterocycles. The third kappa shape index (κ3) is 9.94. The Bertz CT molecular complexity index is 5850. The van der Waals surface area contributed by atoms with Gasteiger partial charge in [0.15, 0.2) is 23.3 Å². The van der Waals surface area contributed by atoms with Crippen molar-refractivity contribution in [3.63, 3.8) is 0 Å². The third-order valence-electron chi connectivity index (χ3n) is 16.4. The van der Waals surface area contributed by atoms with E-state index < -0.39 is 22.5 Å². The molecule has 2 N–H and O–H groups in total. The third-order valence-corrected chi connectivity index (χ3v) is 20.3. The summed E-state index contributed by atoms with van der Waals surface area (Å²) in [5.41, 5.74) is 8.60. The molecule has 8 bridgehead atoms. The van der Waals surface area contributed by atoms with E-state index in [1.165, 1.54) is 71.3 Å². The molecule has 0 amide bonds. The maximum Gasteiger partial charge on any atom is 0.336 e. The van der Waals surface area contributed by atoms with Crippen LogP contribution in [0.3, 0.4) is 0 Å². The van der Waals surface area contributed by atoms with E-state index in [4.69, 9.17) is 47.6 Å². The van der Waals surface area contributed by atoms with Crippen LogP contribution in [0.15, 0.2) is 246 Å². The number of H-pyrrole nitrogens is 2. The van der Waals surface area contributed by atoms with Crippen LogP contribution >= 0.6 is 47.0 Å². The zero-order valence-corrected chi connectivity index (χ0v) is 52.0. The molecule has 92 heavy (non-hydrogen) atoms. The zero-order valence-electron chi connectivity index (χ0n) is 48.7. The van der Waals surface area contributed by atoms with Crippen molar-refractivity contribution in [2.45, 2.75) is 66.9 Å². The summed E-state index contributed by atoms with van der Waals surface area (Å²) in [5, 5.41) is 6.47. The standard InChI is InChI=1S/C72H42N8O8S4/c1-33-21-61(81)85-57-29-41(5-13-45(33)57)89-37-9-17-49-53(25-37)69-73-65(49)78-70-55-27-39(91-43-7-15-47-35(3)23-63(83)87-59(47)31-43)11-19-51(55)67(75-70)80-72-56-28-40(92-44-8-16-48-36(4)24-64(84)88-60(48)32-44)12-20-52(56)68(76-72)79-71-54-26-38(10-18-50(54)66(74-71)77-69)90-42-6-14-46-34(2)22-62(82)86-58(46)30-42/h5-32H,1-4H3,(H2,73,74,75,76,77,78,79,80). The highest BCUT2D eigenvalue weighted by molar-refractivity contribution is 8.00. The number of hydrogen-bond acceptors (Lipinski definition) is 18. The topological polar surface area (TPSA) is 230 Å². The summed E-state index contributed by atoms with van der Waals surface area (Å²) >= 11 is 6.07. The van der Waals surface area contributed by atoms with E-state index in [9.17, 15) is 19.2 Å². The van der Waals surface area contributed by atoms with E-state index in [0.717, 1.165) is 127 Å². The van der Waals surface area contributed by atoms with Crippen molar-refractivity contribution < 1.29 is 17.7 Å². The van der Waals surface area contributed by atoms with Gasteiger partial charge in [-0.15, -0.1) is 0 Å². The fraction of sp³-hybridized carbons (Fsp3) is 0.0556. The van der Waals surface area contributed by atoms with Crippen LogP contribution in [-0.4, -0.2) is 39.9 Å². The Kier molecular flexibility index (Phi) is 13.0. The zero-order chi connectivity index (χ0) is 62.2. The van der Waals surface area contributed by atoms with Crippen LogP contribution in [0.5, 0.6) is 0 Å². The minimum atomic E-state index is -0.410. The van der Waals surface area contributed by atoms with E-state index >= 15 is 0 Å². The summed E-state index contributed by atoms with van der Waals surface area (Å²) in [6, 6.07) is 53.8. The summed E-state index contributed by atoms with van der Waals surface area (Å²) < 4.78 is 22.6. The first-order valence-corrected chi connectivity index (χ1v) is 32.2. The van der Waals surface area contributed by atoms with E-state index in [-0.39, 0.29) is 0 Å². The molecular weight excluding hydrogens is 1230 g/mol. The van der Waals surface area contributed by atoms with Gasteiger partial charge in [-0.1, -0.05) is 47.0 Å². The molecule has 17 rings (SSSR count). The Morgan fingerprint density at radius 1 is 0.261 bits per heavy atom. The van der Waals surface area contributed by atoms with Gasteiger partial charge in [0.1, 0.15) is 44.9 Å².